The van der Waals surface area contributed by atoms with Gasteiger partial charge >= 0.3 is 7.60 Å². The highest BCUT2D eigenvalue weighted by Gasteiger charge is 2.23. The highest BCUT2D eigenvalue weighted by molar-refractivity contribution is 7.66. The average Bonchev–Trinajstić information content (AvgIpc) is 2.67. The van der Waals surface area contributed by atoms with E-state index in [0.717, 1.165) is 23.5 Å². The van der Waals surface area contributed by atoms with Crippen LogP contribution in [-0.2, 0) is 4.57 Å². The van der Waals surface area contributed by atoms with Crippen molar-refractivity contribution in [1.29, 1.82) is 0 Å². The molecule has 1 aromatic heterocycles. The van der Waals surface area contributed by atoms with Gasteiger partial charge in [0.25, 0.3) is 0 Å². The van der Waals surface area contributed by atoms with Crippen molar-refractivity contribution >= 4 is 23.7 Å². The Hall–Kier alpha value is -0.740. The molecule has 0 aromatic carbocycles. The van der Waals surface area contributed by atoms with Crippen molar-refractivity contribution in [1.82, 2.24) is 4.98 Å². The van der Waals surface area contributed by atoms with Gasteiger partial charge in [-0.15, -0.1) is 11.3 Å². The van der Waals surface area contributed by atoms with E-state index in [2.05, 4.69) is 4.98 Å². The van der Waals surface area contributed by atoms with E-state index < -0.39 is 7.60 Å². The minimum atomic E-state index is -4.18. The lowest BCUT2D eigenvalue weighted by atomic mass is 9.98. The van der Waals surface area contributed by atoms with E-state index in [1.807, 2.05) is 24.3 Å². The SMILES string of the molecule is O=P(O)(O)c1nc(C2C=CC=CC2)cs1. The van der Waals surface area contributed by atoms with Gasteiger partial charge in [0.05, 0.1) is 5.69 Å². The molecular weight excluding hydrogens is 233 g/mol. The maximum atomic E-state index is 10.9. The van der Waals surface area contributed by atoms with Crippen molar-refractivity contribution in [3.63, 3.8) is 0 Å². The Morgan fingerprint density at radius 1 is 1.47 bits per heavy atom. The third kappa shape index (κ3) is 2.44. The molecule has 4 nitrogen and oxygen atoms in total. The third-order valence-electron chi connectivity index (χ3n) is 2.12. The summed E-state index contributed by atoms with van der Waals surface area (Å²) in [7, 11) is -4.18. The summed E-state index contributed by atoms with van der Waals surface area (Å²) in [6.45, 7) is 0. The molecule has 6 heteroatoms. The predicted molar refractivity (Wildman–Crippen MR) is 59.4 cm³/mol. The Morgan fingerprint density at radius 3 is 2.80 bits per heavy atom. The van der Waals surface area contributed by atoms with Crippen LogP contribution in [0.25, 0.3) is 0 Å². The summed E-state index contributed by atoms with van der Waals surface area (Å²) in [5, 5.41) is 1.71. The molecule has 80 valence electrons. The average molecular weight is 243 g/mol. The van der Waals surface area contributed by atoms with Crippen LogP contribution in [0.15, 0.2) is 29.7 Å². The first-order valence-corrected chi connectivity index (χ1v) is 6.91. The first kappa shape index (κ1) is 10.8. The Bertz CT molecular complexity index is 460. The topological polar surface area (TPSA) is 70.4 Å². The van der Waals surface area contributed by atoms with E-state index in [0.29, 0.717) is 0 Å². The van der Waals surface area contributed by atoms with E-state index in [1.54, 1.807) is 5.38 Å². The number of thiazole rings is 1. The Morgan fingerprint density at radius 2 is 2.27 bits per heavy atom. The minimum absolute atomic E-state index is 0.0968. The summed E-state index contributed by atoms with van der Waals surface area (Å²) >= 11 is 1.02. The van der Waals surface area contributed by atoms with Crippen molar-refractivity contribution < 1.29 is 14.4 Å². The van der Waals surface area contributed by atoms with Gasteiger partial charge in [0.15, 0.2) is 0 Å². The van der Waals surface area contributed by atoms with Crippen LogP contribution in [0.2, 0.25) is 0 Å². The minimum Gasteiger partial charge on any atom is -0.319 e. The van der Waals surface area contributed by atoms with Crippen molar-refractivity contribution in [2.24, 2.45) is 0 Å². The van der Waals surface area contributed by atoms with E-state index in [1.165, 1.54) is 0 Å². The van der Waals surface area contributed by atoms with Gasteiger partial charge in [0, 0.05) is 11.3 Å². The summed E-state index contributed by atoms with van der Waals surface area (Å²) in [4.78, 5) is 21.8. The molecule has 2 N–H and O–H groups in total. The zero-order valence-corrected chi connectivity index (χ0v) is 9.49. The number of aromatic nitrogens is 1. The van der Waals surface area contributed by atoms with Crippen LogP contribution in [0, 0.1) is 0 Å². The van der Waals surface area contributed by atoms with Crippen LogP contribution in [0.3, 0.4) is 0 Å². The molecule has 1 aliphatic carbocycles. The van der Waals surface area contributed by atoms with Crippen molar-refractivity contribution in [2.75, 3.05) is 0 Å². The summed E-state index contributed by atoms with van der Waals surface area (Å²) in [5.41, 5.74) is 0.735. The van der Waals surface area contributed by atoms with Crippen LogP contribution in [-0.4, -0.2) is 14.8 Å². The number of nitrogens with zero attached hydrogens (tertiary/aromatic N) is 1. The normalized spacial score (nSPS) is 20.8. The maximum absolute atomic E-state index is 10.9. The fourth-order valence-corrected chi connectivity index (χ4v) is 2.95. The number of hydrogen-bond donors (Lipinski definition) is 2. The molecular formula is C9H10NO3PS. The van der Waals surface area contributed by atoms with E-state index >= 15 is 0 Å². The third-order valence-corrected chi connectivity index (χ3v) is 4.41. The first-order valence-electron chi connectivity index (χ1n) is 4.42. The quantitative estimate of drug-likeness (QED) is 0.773. The Balaban J connectivity index is 2.24. The molecule has 0 radical (unpaired) electrons. The van der Waals surface area contributed by atoms with Crippen LogP contribution in [0.1, 0.15) is 18.0 Å². The monoisotopic (exact) mass is 243 g/mol. The van der Waals surface area contributed by atoms with Crippen LogP contribution < -0.4 is 4.75 Å². The molecule has 0 aliphatic heterocycles. The van der Waals surface area contributed by atoms with Crippen molar-refractivity contribution in [2.45, 2.75) is 12.3 Å². The number of rotatable bonds is 2. The summed E-state index contributed by atoms with van der Waals surface area (Å²) < 4.78 is 10.8. The molecule has 15 heavy (non-hydrogen) atoms. The predicted octanol–water partition coefficient (Wildman–Crippen LogP) is 1.55. The van der Waals surface area contributed by atoms with Crippen molar-refractivity contribution in [3.05, 3.63) is 35.4 Å². The molecule has 1 aliphatic rings. The Labute approximate surface area is 91.1 Å². The fraction of sp³-hybridized carbons (Fsp3) is 0.222. The second-order valence-corrected chi connectivity index (χ2v) is 5.93. The molecule has 1 heterocycles. The van der Waals surface area contributed by atoms with Crippen LogP contribution in [0.4, 0.5) is 0 Å². The zero-order valence-electron chi connectivity index (χ0n) is 7.78. The highest BCUT2D eigenvalue weighted by atomic mass is 32.1. The Kier molecular flexibility index (Phi) is 2.89. The molecule has 1 aromatic rings. The summed E-state index contributed by atoms with van der Waals surface area (Å²) in [6.07, 6.45) is 8.71. The van der Waals surface area contributed by atoms with Gasteiger partial charge in [0.1, 0.15) is 0 Å². The second kappa shape index (κ2) is 4.02. The molecule has 1 atom stereocenters. The van der Waals surface area contributed by atoms with Crippen LogP contribution in [0.5, 0.6) is 0 Å². The van der Waals surface area contributed by atoms with Crippen molar-refractivity contribution in [3.8, 4) is 0 Å². The molecule has 0 bridgehead atoms. The van der Waals surface area contributed by atoms with Gasteiger partial charge in [-0.3, -0.25) is 4.57 Å². The molecule has 2 rings (SSSR count). The lowest BCUT2D eigenvalue weighted by Gasteiger charge is -2.09. The largest absolute Gasteiger partial charge is 0.384 e. The van der Waals surface area contributed by atoms with Gasteiger partial charge in [-0.25, -0.2) is 4.98 Å². The fourth-order valence-electron chi connectivity index (χ4n) is 1.38. The van der Waals surface area contributed by atoms with Gasteiger partial charge in [-0.05, 0) is 6.42 Å². The standard InChI is InChI=1S/C9H10NO3PS/c11-14(12,13)9-10-8(6-15-9)7-4-2-1-3-5-7/h1-4,6-7H,5H2,(H2,11,12,13). The highest BCUT2D eigenvalue weighted by Crippen LogP contribution is 2.36. The maximum Gasteiger partial charge on any atom is 0.384 e. The summed E-state index contributed by atoms with van der Waals surface area (Å²) in [5.74, 6) is 0.145. The molecule has 0 saturated heterocycles. The van der Waals surface area contributed by atoms with Gasteiger partial charge < -0.3 is 9.79 Å². The molecule has 0 spiro atoms. The number of allylic oxidation sites excluding steroid dienone is 4. The summed E-state index contributed by atoms with van der Waals surface area (Å²) in [6, 6.07) is 0. The van der Waals surface area contributed by atoms with Gasteiger partial charge in [0.2, 0.25) is 4.75 Å². The number of hydrogen-bond acceptors (Lipinski definition) is 3. The smallest absolute Gasteiger partial charge is 0.319 e. The molecule has 0 saturated carbocycles. The lowest BCUT2D eigenvalue weighted by Crippen LogP contribution is -2.05. The molecule has 0 amide bonds. The van der Waals surface area contributed by atoms with E-state index in [4.69, 9.17) is 9.79 Å². The first-order chi connectivity index (χ1) is 7.07. The van der Waals surface area contributed by atoms with Gasteiger partial charge in [-0.2, -0.15) is 0 Å². The van der Waals surface area contributed by atoms with E-state index in [-0.39, 0.29) is 10.7 Å². The second-order valence-electron chi connectivity index (χ2n) is 3.25. The lowest BCUT2D eigenvalue weighted by molar-refractivity contribution is 0.387. The molecule has 0 fully saturated rings. The van der Waals surface area contributed by atoms with Crippen LogP contribution >= 0.6 is 18.9 Å². The zero-order chi connectivity index (χ0) is 10.9. The molecule has 1 unspecified atom stereocenters. The van der Waals surface area contributed by atoms with E-state index in [9.17, 15) is 4.57 Å². The van der Waals surface area contributed by atoms with Gasteiger partial charge in [-0.1, -0.05) is 24.3 Å².